The number of amides is 1. The number of nitrogens with zero attached hydrogens (tertiary/aromatic N) is 2. The fraction of sp³-hybridized carbons (Fsp3) is 0.0714. The van der Waals surface area contributed by atoms with E-state index >= 15 is 0 Å². The monoisotopic (exact) mass is 529 g/mol. The zero-order valence-electron chi connectivity index (χ0n) is 20.0. The van der Waals surface area contributed by atoms with Gasteiger partial charge in [0.05, 0.1) is 28.7 Å². The molecule has 0 atom stereocenters. The summed E-state index contributed by atoms with van der Waals surface area (Å²) in [5.41, 5.74) is 7.26. The Kier molecular flexibility index (Phi) is 6.60. The van der Waals surface area contributed by atoms with Gasteiger partial charge in [-0.1, -0.05) is 36.3 Å². The Morgan fingerprint density at radius 1 is 1.05 bits per heavy atom. The number of rotatable bonds is 5. The molecule has 3 aromatic heterocycles. The van der Waals surface area contributed by atoms with E-state index in [1.807, 2.05) is 12.1 Å². The van der Waals surface area contributed by atoms with E-state index in [-0.39, 0.29) is 22.2 Å². The van der Waals surface area contributed by atoms with Crippen LogP contribution in [0, 0.1) is 11.8 Å². The first-order valence-corrected chi connectivity index (χ1v) is 11.5. The molecular weight excluding hydrogens is 511 g/mol. The number of halogens is 3. The third kappa shape index (κ3) is 5.65. The van der Waals surface area contributed by atoms with Crippen molar-refractivity contribution in [2.75, 3.05) is 5.32 Å². The minimum absolute atomic E-state index is 0.225. The van der Waals surface area contributed by atoms with Crippen molar-refractivity contribution in [2.24, 2.45) is 5.73 Å². The van der Waals surface area contributed by atoms with E-state index in [9.17, 15) is 22.8 Å². The molecule has 5 aromatic rings. The van der Waals surface area contributed by atoms with E-state index in [0.717, 1.165) is 5.69 Å². The highest BCUT2D eigenvalue weighted by Gasteiger charge is 2.31. The van der Waals surface area contributed by atoms with Gasteiger partial charge in [0, 0.05) is 29.1 Å². The minimum Gasteiger partial charge on any atom is -0.406 e. The highest BCUT2D eigenvalue weighted by molar-refractivity contribution is 6.12. The number of primary amides is 1. The number of carbonyl (C=O) groups is 1. The van der Waals surface area contributed by atoms with Crippen molar-refractivity contribution in [2.45, 2.75) is 12.9 Å². The van der Waals surface area contributed by atoms with E-state index in [4.69, 9.17) is 5.73 Å². The first-order chi connectivity index (χ1) is 18.7. The van der Waals surface area contributed by atoms with Crippen molar-refractivity contribution in [1.82, 2.24) is 15.0 Å². The predicted octanol–water partition coefficient (Wildman–Crippen LogP) is 4.49. The molecule has 3 heterocycles. The Morgan fingerprint density at radius 3 is 2.51 bits per heavy atom. The molecule has 4 N–H and O–H groups in total. The summed E-state index contributed by atoms with van der Waals surface area (Å²) in [6.45, 7) is 0.336. The number of fused-ring (bicyclic) bond motifs is 3. The number of H-pyrrole nitrogens is 1. The van der Waals surface area contributed by atoms with Gasteiger partial charge in [0.25, 0.3) is 11.5 Å². The van der Waals surface area contributed by atoms with Crippen LogP contribution in [0.1, 0.15) is 11.3 Å². The number of nitrogens with two attached hydrogens (primary N) is 1. The third-order valence-corrected chi connectivity index (χ3v) is 5.74. The van der Waals surface area contributed by atoms with Crippen LogP contribution >= 0.6 is 0 Å². The predicted molar refractivity (Wildman–Crippen MR) is 140 cm³/mol. The molecule has 194 valence electrons. The van der Waals surface area contributed by atoms with Gasteiger partial charge in [0.15, 0.2) is 0 Å². The van der Waals surface area contributed by atoms with E-state index in [1.165, 1.54) is 30.5 Å². The molecule has 1 amide bonds. The van der Waals surface area contributed by atoms with Gasteiger partial charge in [-0.2, -0.15) is 0 Å². The van der Waals surface area contributed by atoms with Gasteiger partial charge >= 0.3 is 6.36 Å². The largest absolute Gasteiger partial charge is 0.573 e. The number of hydrogen-bond acceptors (Lipinski definition) is 6. The quantitative estimate of drug-likeness (QED) is 0.228. The second-order valence-corrected chi connectivity index (χ2v) is 8.34. The number of nitrogens with one attached hydrogen (secondary N) is 2. The number of pyridine rings is 3. The molecule has 0 aliphatic carbocycles. The van der Waals surface area contributed by atoms with Crippen LogP contribution in [0.5, 0.6) is 5.75 Å². The molecule has 0 radical (unpaired) electrons. The average Bonchev–Trinajstić information content (AvgIpc) is 2.91. The van der Waals surface area contributed by atoms with Crippen LogP contribution in [0.15, 0.2) is 77.9 Å². The van der Waals surface area contributed by atoms with Crippen LogP contribution < -0.4 is 21.3 Å². The number of alkyl halides is 3. The maximum Gasteiger partial charge on any atom is 0.573 e. The Balaban J connectivity index is 1.68. The summed E-state index contributed by atoms with van der Waals surface area (Å²) in [4.78, 5) is 35.9. The topological polar surface area (TPSA) is 123 Å². The lowest BCUT2D eigenvalue weighted by atomic mass is 9.98. The molecule has 0 saturated heterocycles. The average molecular weight is 529 g/mol. The lowest BCUT2D eigenvalue weighted by molar-refractivity contribution is -0.274. The van der Waals surface area contributed by atoms with Gasteiger partial charge in [0.1, 0.15) is 11.6 Å². The van der Waals surface area contributed by atoms with Crippen LogP contribution in [-0.4, -0.2) is 27.2 Å². The second-order valence-electron chi connectivity index (χ2n) is 8.34. The fourth-order valence-electron chi connectivity index (χ4n) is 4.08. The molecule has 0 saturated carbocycles. The molecule has 0 aliphatic rings. The summed E-state index contributed by atoms with van der Waals surface area (Å²) in [6, 6.07) is 16.2. The van der Waals surface area contributed by atoms with Crippen LogP contribution in [0.25, 0.3) is 32.8 Å². The molecule has 0 unspecified atom stereocenters. The molecule has 0 fully saturated rings. The maximum atomic E-state index is 13.0. The molecular formula is C28H18F3N5O3. The molecule has 0 bridgehead atoms. The number of aromatic amines is 1. The highest BCUT2D eigenvalue weighted by atomic mass is 19.4. The number of ether oxygens (including phenoxy) is 1. The van der Waals surface area contributed by atoms with Gasteiger partial charge < -0.3 is 20.8 Å². The molecule has 39 heavy (non-hydrogen) atoms. The van der Waals surface area contributed by atoms with Crippen molar-refractivity contribution in [1.29, 1.82) is 0 Å². The Labute approximate surface area is 218 Å². The number of hydrogen-bond donors (Lipinski definition) is 3. The van der Waals surface area contributed by atoms with Crippen LogP contribution in [-0.2, 0) is 11.3 Å². The Morgan fingerprint density at radius 2 is 1.82 bits per heavy atom. The van der Waals surface area contributed by atoms with E-state index in [2.05, 4.69) is 36.8 Å². The normalized spacial score (nSPS) is 11.2. The zero-order valence-corrected chi connectivity index (χ0v) is 20.0. The number of anilines is 1. The zero-order chi connectivity index (χ0) is 27.6. The molecule has 2 aromatic carbocycles. The van der Waals surface area contributed by atoms with E-state index in [1.54, 1.807) is 30.5 Å². The number of benzene rings is 2. The van der Waals surface area contributed by atoms with Gasteiger partial charge in [-0.3, -0.25) is 14.6 Å². The van der Waals surface area contributed by atoms with Gasteiger partial charge in [-0.25, -0.2) is 4.98 Å². The van der Waals surface area contributed by atoms with Crippen molar-refractivity contribution in [3.05, 3.63) is 94.7 Å². The summed E-state index contributed by atoms with van der Waals surface area (Å²) in [5, 5.41) is 4.60. The lowest BCUT2D eigenvalue weighted by Crippen LogP contribution is -2.16. The second kappa shape index (κ2) is 10.2. The van der Waals surface area contributed by atoms with Crippen molar-refractivity contribution in [3.8, 4) is 28.7 Å². The summed E-state index contributed by atoms with van der Waals surface area (Å²) < 4.78 is 41.6. The van der Waals surface area contributed by atoms with Crippen molar-refractivity contribution >= 4 is 33.4 Å². The molecule has 0 spiro atoms. The minimum atomic E-state index is -4.80. The summed E-state index contributed by atoms with van der Waals surface area (Å²) in [7, 11) is 0. The Bertz CT molecular complexity index is 1820. The van der Waals surface area contributed by atoms with Gasteiger partial charge in [-0.05, 0) is 41.5 Å². The lowest BCUT2D eigenvalue weighted by Gasteiger charge is -2.14. The van der Waals surface area contributed by atoms with Crippen LogP contribution in [0.2, 0.25) is 0 Å². The fourth-order valence-corrected chi connectivity index (χ4v) is 4.08. The standard InChI is InChI=1S/C28H18F3N5O3/c29-28(30,31)39-20-8-4-16(5-9-20)17-6-10-21-22(13-17)24-25(18(7-11-23(32)37)14-35-27(24)38)36-26(21)34-15-19-3-1-2-12-33-19/h1-6,8-10,12-14H,15H2,(H2,32,37)(H,34,36)(H,35,38). The number of carbonyl (C=O) groups excluding carboxylic acids is 1. The third-order valence-electron chi connectivity index (χ3n) is 5.74. The van der Waals surface area contributed by atoms with E-state index in [0.29, 0.717) is 34.3 Å². The highest BCUT2D eigenvalue weighted by Crippen LogP contribution is 2.34. The molecule has 0 aliphatic heterocycles. The van der Waals surface area contributed by atoms with Crippen molar-refractivity contribution in [3.63, 3.8) is 0 Å². The molecule has 8 nitrogen and oxygen atoms in total. The van der Waals surface area contributed by atoms with E-state index < -0.39 is 17.8 Å². The first-order valence-electron chi connectivity index (χ1n) is 11.5. The first kappa shape index (κ1) is 25.3. The summed E-state index contributed by atoms with van der Waals surface area (Å²) in [6.07, 6.45) is -1.78. The van der Waals surface area contributed by atoms with Crippen LogP contribution in [0.3, 0.4) is 0 Å². The van der Waals surface area contributed by atoms with Gasteiger partial charge in [0.2, 0.25) is 0 Å². The van der Waals surface area contributed by atoms with Gasteiger partial charge in [-0.15, -0.1) is 13.2 Å². The van der Waals surface area contributed by atoms with Crippen LogP contribution in [0.4, 0.5) is 19.0 Å². The Hall–Kier alpha value is -5.37. The maximum absolute atomic E-state index is 13.0. The SMILES string of the molecule is NC(=O)C#Cc1c[nH]c(=O)c2c1nc(NCc1ccccn1)c1ccc(-c3ccc(OC(F)(F)F)cc3)cc12. The summed E-state index contributed by atoms with van der Waals surface area (Å²) >= 11 is 0. The summed E-state index contributed by atoms with van der Waals surface area (Å²) in [5.74, 6) is 4.16. The smallest absolute Gasteiger partial charge is 0.406 e. The van der Waals surface area contributed by atoms with Crippen molar-refractivity contribution < 1.29 is 22.7 Å². The molecule has 11 heteroatoms. The number of aromatic nitrogens is 3. The molecule has 5 rings (SSSR count).